The third-order valence-corrected chi connectivity index (χ3v) is 5.34. The largest absolute Gasteiger partial charge is 0.480 e. The van der Waals surface area contributed by atoms with E-state index in [0.29, 0.717) is 6.54 Å². The predicted molar refractivity (Wildman–Crippen MR) is 92.3 cm³/mol. The molecular formula is C19H26N2O3. The summed E-state index contributed by atoms with van der Waals surface area (Å²) in [5.41, 5.74) is 3.51. The molecule has 1 heterocycles. The van der Waals surface area contributed by atoms with E-state index in [4.69, 9.17) is 5.11 Å². The Balaban J connectivity index is 1.63. The van der Waals surface area contributed by atoms with E-state index in [2.05, 4.69) is 12.1 Å². The van der Waals surface area contributed by atoms with Crippen molar-refractivity contribution in [1.29, 1.82) is 0 Å². The van der Waals surface area contributed by atoms with E-state index < -0.39 is 5.97 Å². The highest BCUT2D eigenvalue weighted by Crippen LogP contribution is 2.24. The highest BCUT2D eigenvalue weighted by Gasteiger charge is 2.25. The molecule has 5 heteroatoms. The number of carboxylic acids is 1. The maximum atomic E-state index is 12.8. The summed E-state index contributed by atoms with van der Waals surface area (Å²) in [5.74, 6) is -0.681. The lowest BCUT2D eigenvalue weighted by molar-refractivity contribution is -0.138. The van der Waals surface area contributed by atoms with Crippen molar-refractivity contribution in [2.45, 2.75) is 44.6 Å². The van der Waals surface area contributed by atoms with Gasteiger partial charge in [-0.25, -0.2) is 0 Å². The standard InChI is InChI=1S/C19H26N2O3/c1-20(13-18(22)23)17-6-3-10-21(11-9-17)19(24)16-8-7-14-4-2-5-15(14)12-16/h7-8,12,17H,2-6,9-11,13H2,1H3,(H,22,23). The highest BCUT2D eigenvalue weighted by atomic mass is 16.4. The minimum absolute atomic E-state index is 0.0590. The van der Waals surface area contributed by atoms with Crippen molar-refractivity contribution in [3.63, 3.8) is 0 Å². The molecule has 2 aliphatic rings. The van der Waals surface area contributed by atoms with E-state index in [-0.39, 0.29) is 18.5 Å². The van der Waals surface area contributed by atoms with Crippen LogP contribution in [0.1, 0.15) is 47.2 Å². The maximum Gasteiger partial charge on any atom is 0.317 e. The van der Waals surface area contributed by atoms with Crippen molar-refractivity contribution in [3.05, 3.63) is 34.9 Å². The van der Waals surface area contributed by atoms with Crippen LogP contribution in [0.3, 0.4) is 0 Å². The number of carboxylic acid groups (broad SMARTS) is 1. The smallest absolute Gasteiger partial charge is 0.317 e. The second-order valence-electron chi connectivity index (χ2n) is 7.02. The number of carbonyl (C=O) groups excluding carboxylic acids is 1. The number of likely N-dealkylation sites (N-methyl/N-ethyl adjacent to an activating group) is 1. The molecule has 3 rings (SSSR count). The van der Waals surface area contributed by atoms with Gasteiger partial charge in [-0.2, -0.15) is 0 Å². The quantitative estimate of drug-likeness (QED) is 0.919. The number of carbonyl (C=O) groups is 2. The summed E-state index contributed by atoms with van der Waals surface area (Å²) in [5, 5.41) is 8.94. The molecule has 1 aromatic carbocycles. The number of hydrogen-bond donors (Lipinski definition) is 1. The first-order valence-electron chi connectivity index (χ1n) is 8.87. The van der Waals surface area contributed by atoms with Gasteiger partial charge in [0.15, 0.2) is 0 Å². The Morgan fingerprint density at radius 2 is 1.96 bits per heavy atom. The third kappa shape index (κ3) is 3.78. The van der Waals surface area contributed by atoms with Crippen LogP contribution in [-0.4, -0.2) is 59.5 Å². The lowest BCUT2D eigenvalue weighted by atomic mass is 10.1. The van der Waals surface area contributed by atoms with Gasteiger partial charge < -0.3 is 10.0 Å². The fourth-order valence-corrected chi connectivity index (χ4v) is 3.95. The van der Waals surface area contributed by atoms with Crippen LogP contribution in [0.2, 0.25) is 0 Å². The number of likely N-dealkylation sites (tertiary alicyclic amines) is 1. The topological polar surface area (TPSA) is 60.9 Å². The normalized spacial score (nSPS) is 20.8. The van der Waals surface area contributed by atoms with Gasteiger partial charge in [0.2, 0.25) is 0 Å². The number of nitrogens with zero attached hydrogens (tertiary/aromatic N) is 2. The lowest BCUT2D eigenvalue weighted by Crippen LogP contribution is -2.37. The van der Waals surface area contributed by atoms with Crippen LogP contribution in [0.4, 0.5) is 0 Å². The average Bonchev–Trinajstić information content (AvgIpc) is 2.87. The predicted octanol–water partition coefficient (Wildman–Crippen LogP) is 2.19. The van der Waals surface area contributed by atoms with Crippen LogP contribution in [0.5, 0.6) is 0 Å². The van der Waals surface area contributed by atoms with E-state index in [1.807, 2.05) is 22.9 Å². The van der Waals surface area contributed by atoms with Crippen LogP contribution in [0, 0.1) is 0 Å². The number of fused-ring (bicyclic) bond motifs is 1. The second-order valence-corrected chi connectivity index (χ2v) is 7.02. The van der Waals surface area contributed by atoms with Gasteiger partial charge in [-0.15, -0.1) is 0 Å². The number of benzene rings is 1. The van der Waals surface area contributed by atoms with Crippen molar-refractivity contribution in [1.82, 2.24) is 9.80 Å². The number of aryl methyl sites for hydroxylation is 2. The van der Waals surface area contributed by atoms with E-state index in [1.54, 1.807) is 0 Å². The Morgan fingerprint density at radius 3 is 2.75 bits per heavy atom. The van der Waals surface area contributed by atoms with Crippen molar-refractivity contribution >= 4 is 11.9 Å². The molecule has 0 radical (unpaired) electrons. The van der Waals surface area contributed by atoms with E-state index >= 15 is 0 Å². The molecule has 1 amide bonds. The second kappa shape index (κ2) is 7.34. The first-order valence-corrected chi connectivity index (χ1v) is 8.87. The fraction of sp³-hybridized carbons (Fsp3) is 0.579. The summed E-state index contributed by atoms with van der Waals surface area (Å²) >= 11 is 0. The summed E-state index contributed by atoms with van der Waals surface area (Å²) in [6, 6.07) is 6.38. The average molecular weight is 330 g/mol. The third-order valence-electron chi connectivity index (χ3n) is 5.34. The molecule has 1 atom stereocenters. The number of hydrogen-bond acceptors (Lipinski definition) is 3. The molecule has 130 valence electrons. The van der Waals surface area contributed by atoms with Crippen molar-refractivity contribution in [2.24, 2.45) is 0 Å². The van der Waals surface area contributed by atoms with Crippen LogP contribution in [-0.2, 0) is 17.6 Å². The SMILES string of the molecule is CN(CC(=O)O)C1CCCN(C(=O)c2ccc3c(c2)CCC3)CC1. The summed E-state index contributed by atoms with van der Waals surface area (Å²) < 4.78 is 0. The Kier molecular flexibility index (Phi) is 5.19. The maximum absolute atomic E-state index is 12.8. The zero-order chi connectivity index (χ0) is 17.1. The van der Waals surface area contributed by atoms with Crippen molar-refractivity contribution < 1.29 is 14.7 Å². The summed E-state index contributed by atoms with van der Waals surface area (Å²) in [4.78, 5) is 27.5. The van der Waals surface area contributed by atoms with Gasteiger partial charge in [0.25, 0.3) is 5.91 Å². The summed E-state index contributed by atoms with van der Waals surface area (Å²) in [6.45, 7) is 1.52. The van der Waals surface area contributed by atoms with Crippen LogP contribution < -0.4 is 0 Å². The minimum atomic E-state index is -0.798. The van der Waals surface area contributed by atoms with Crippen LogP contribution >= 0.6 is 0 Å². The monoisotopic (exact) mass is 330 g/mol. The van der Waals surface area contributed by atoms with Gasteiger partial charge in [-0.05, 0) is 68.8 Å². The van der Waals surface area contributed by atoms with Gasteiger partial charge in [0.1, 0.15) is 0 Å². The first-order chi connectivity index (χ1) is 11.5. The zero-order valence-electron chi connectivity index (χ0n) is 14.3. The van der Waals surface area contributed by atoms with Gasteiger partial charge >= 0.3 is 5.97 Å². The van der Waals surface area contributed by atoms with E-state index in [0.717, 1.165) is 44.2 Å². The Morgan fingerprint density at radius 1 is 1.17 bits per heavy atom. The molecule has 1 N–H and O–H groups in total. The van der Waals surface area contributed by atoms with Crippen LogP contribution in [0.15, 0.2) is 18.2 Å². The van der Waals surface area contributed by atoms with Gasteiger partial charge in [0, 0.05) is 24.7 Å². The number of aliphatic carboxylic acids is 1. The Hall–Kier alpha value is -1.88. The molecule has 0 bridgehead atoms. The fourth-order valence-electron chi connectivity index (χ4n) is 3.95. The molecule has 0 saturated carbocycles. The first kappa shape index (κ1) is 17.0. The Labute approximate surface area is 143 Å². The van der Waals surface area contributed by atoms with Gasteiger partial charge in [-0.3, -0.25) is 14.5 Å². The minimum Gasteiger partial charge on any atom is -0.480 e. The molecular weight excluding hydrogens is 304 g/mol. The van der Waals surface area contributed by atoms with Gasteiger partial charge in [-0.1, -0.05) is 6.07 Å². The molecule has 1 aromatic rings. The molecule has 1 unspecified atom stereocenters. The molecule has 5 nitrogen and oxygen atoms in total. The molecule has 1 aliphatic heterocycles. The number of amides is 1. The number of rotatable bonds is 4. The summed E-state index contributed by atoms with van der Waals surface area (Å²) in [6.07, 6.45) is 6.10. The zero-order valence-corrected chi connectivity index (χ0v) is 14.3. The van der Waals surface area contributed by atoms with Gasteiger partial charge in [0.05, 0.1) is 6.54 Å². The molecule has 24 heavy (non-hydrogen) atoms. The summed E-state index contributed by atoms with van der Waals surface area (Å²) in [7, 11) is 1.86. The highest BCUT2D eigenvalue weighted by molar-refractivity contribution is 5.94. The van der Waals surface area contributed by atoms with E-state index in [1.165, 1.54) is 17.5 Å². The molecule has 0 spiro atoms. The van der Waals surface area contributed by atoms with E-state index in [9.17, 15) is 9.59 Å². The molecule has 1 fully saturated rings. The van der Waals surface area contributed by atoms with Crippen LogP contribution in [0.25, 0.3) is 0 Å². The lowest BCUT2D eigenvalue weighted by Gasteiger charge is -2.25. The Bertz CT molecular complexity index is 629. The molecule has 0 aromatic heterocycles. The van der Waals surface area contributed by atoms with Crippen molar-refractivity contribution in [2.75, 3.05) is 26.7 Å². The van der Waals surface area contributed by atoms with Crippen molar-refractivity contribution in [3.8, 4) is 0 Å². The molecule has 1 saturated heterocycles. The molecule has 1 aliphatic carbocycles.